The van der Waals surface area contributed by atoms with Crippen LogP contribution in [0.4, 0.5) is 5.69 Å². The second-order valence-electron chi connectivity index (χ2n) is 6.34. The Kier molecular flexibility index (Phi) is 6.06. The van der Waals surface area contributed by atoms with Crippen LogP contribution < -0.4 is 4.74 Å². The zero-order chi connectivity index (χ0) is 20.9. The Morgan fingerprint density at radius 3 is 2.83 bits per heavy atom. The molecule has 0 radical (unpaired) electrons. The largest absolute Gasteiger partial charge is 0.496 e. The van der Waals surface area contributed by atoms with Crippen molar-refractivity contribution in [2.75, 3.05) is 7.11 Å². The summed E-state index contributed by atoms with van der Waals surface area (Å²) in [6.07, 6.45) is 1.76. The number of nitrogens with zero attached hydrogens (tertiary/aromatic N) is 3. The van der Waals surface area contributed by atoms with Crippen molar-refractivity contribution in [2.24, 2.45) is 0 Å². The van der Waals surface area contributed by atoms with E-state index in [1.807, 2.05) is 47.8 Å². The summed E-state index contributed by atoms with van der Waals surface area (Å²) in [5.74, 6) is 1.39. The number of aromatic nitrogens is 2. The van der Waals surface area contributed by atoms with Gasteiger partial charge in [-0.3, -0.25) is 10.1 Å². The van der Waals surface area contributed by atoms with E-state index in [-0.39, 0.29) is 10.6 Å². The van der Waals surface area contributed by atoms with Gasteiger partial charge in [0.25, 0.3) is 5.69 Å². The van der Waals surface area contributed by atoms with Crippen molar-refractivity contribution in [3.05, 3.63) is 87.9 Å². The van der Waals surface area contributed by atoms with Crippen LogP contribution in [-0.4, -0.2) is 22.0 Å². The monoisotopic (exact) mass is 435 g/mol. The molecule has 0 saturated heterocycles. The predicted octanol–water partition coefficient (Wildman–Crippen LogP) is 6.08. The number of methoxy groups -OCH3 is 1. The Morgan fingerprint density at radius 2 is 2.00 bits per heavy atom. The van der Waals surface area contributed by atoms with E-state index in [9.17, 15) is 10.1 Å². The van der Waals surface area contributed by atoms with E-state index in [4.69, 9.17) is 9.72 Å². The number of para-hydroxylation sites is 1. The van der Waals surface area contributed by atoms with E-state index in [2.05, 4.69) is 4.98 Å². The summed E-state index contributed by atoms with van der Waals surface area (Å²) in [6.45, 7) is 0. The van der Waals surface area contributed by atoms with Crippen molar-refractivity contribution < 1.29 is 9.66 Å². The zero-order valence-electron chi connectivity index (χ0n) is 16.0. The molecule has 2 aromatic heterocycles. The van der Waals surface area contributed by atoms with Gasteiger partial charge in [0, 0.05) is 40.6 Å². The van der Waals surface area contributed by atoms with Gasteiger partial charge in [0.2, 0.25) is 0 Å². The second kappa shape index (κ2) is 9.06. The highest BCUT2D eigenvalue weighted by Crippen LogP contribution is 2.34. The number of non-ortho nitro benzene ring substituents is 1. The average Bonchev–Trinajstić information content (AvgIpc) is 3.28. The summed E-state index contributed by atoms with van der Waals surface area (Å²) in [6, 6.07) is 18.4. The molecule has 0 unspecified atom stereocenters. The standard InChI is InChI=1S/C22H17N3O3S2/c1-28-20-8-3-2-7-18(20)19-14-30-22(24-19)16-9-10-23-21(12-16)29-13-15-5-4-6-17(11-15)25(26)27/h2-12,14H,13H2,1H3. The van der Waals surface area contributed by atoms with Crippen molar-refractivity contribution in [2.45, 2.75) is 10.8 Å². The van der Waals surface area contributed by atoms with Gasteiger partial charge in [-0.1, -0.05) is 24.3 Å². The van der Waals surface area contributed by atoms with Gasteiger partial charge in [-0.2, -0.15) is 0 Å². The highest BCUT2D eigenvalue weighted by molar-refractivity contribution is 7.98. The minimum atomic E-state index is -0.380. The molecule has 0 bridgehead atoms. The van der Waals surface area contributed by atoms with Crippen LogP contribution in [0.15, 0.2) is 77.3 Å². The molecule has 2 aromatic carbocycles. The zero-order valence-corrected chi connectivity index (χ0v) is 17.7. The second-order valence-corrected chi connectivity index (χ2v) is 8.19. The Labute approximate surface area is 181 Å². The van der Waals surface area contributed by atoms with Gasteiger partial charge in [0.15, 0.2) is 0 Å². The quantitative estimate of drug-likeness (QED) is 0.199. The van der Waals surface area contributed by atoms with Crippen molar-refractivity contribution in [3.63, 3.8) is 0 Å². The lowest BCUT2D eigenvalue weighted by Crippen LogP contribution is -1.90. The van der Waals surface area contributed by atoms with Crippen LogP contribution in [0.2, 0.25) is 0 Å². The molecule has 8 heteroatoms. The van der Waals surface area contributed by atoms with Crippen molar-refractivity contribution in [3.8, 4) is 27.6 Å². The lowest BCUT2D eigenvalue weighted by molar-refractivity contribution is -0.384. The fourth-order valence-electron chi connectivity index (χ4n) is 2.92. The van der Waals surface area contributed by atoms with Crippen LogP contribution in [-0.2, 0) is 5.75 Å². The van der Waals surface area contributed by atoms with Gasteiger partial charge < -0.3 is 4.74 Å². The number of benzene rings is 2. The number of hydrogen-bond acceptors (Lipinski definition) is 7. The number of pyridine rings is 1. The third kappa shape index (κ3) is 4.50. The van der Waals surface area contributed by atoms with Crippen LogP contribution in [0, 0.1) is 10.1 Å². The van der Waals surface area contributed by atoms with E-state index in [1.54, 1.807) is 36.8 Å². The molecule has 0 N–H and O–H groups in total. The first-order valence-corrected chi connectivity index (χ1v) is 10.9. The number of ether oxygens (including phenoxy) is 1. The summed E-state index contributed by atoms with van der Waals surface area (Å²) in [5, 5.41) is 14.7. The normalized spacial score (nSPS) is 10.7. The van der Waals surface area contributed by atoms with Crippen LogP contribution in [0.1, 0.15) is 5.56 Å². The molecule has 6 nitrogen and oxygen atoms in total. The van der Waals surface area contributed by atoms with E-state index in [0.717, 1.165) is 38.2 Å². The number of thiazole rings is 1. The number of rotatable bonds is 7. The average molecular weight is 436 g/mol. The first-order chi connectivity index (χ1) is 14.6. The van der Waals surface area contributed by atoms with Gasteiger partial charge in [-0.15, -0.1) is 23.1 Å². The summed E-state index contributed by atoms with van der Waals surface area (Å²) in [7, 11) is 1.65. The van der Waals surface area contributed by atoms with Gasteiger partial charge >= 0.3 is 0 Å². The fourth-order valence-corrected chi connectivity index (χ4v) is 4.58. The number of nitro groups is 1. The van der Waals surface area contributed by atoms with Crippen molar-refractivity contribution >= 4 is 28.8 Å². The maximum atomic E-state index is 10.9. The van der Waals surface area contributed by atoms with Crippen LogP contribution in [0.25, 0.3) is 21.8 Å². The molecule has 0 aliphatic rings. The topological polar surface area (TPSA) is 78.2 Å². The van der Waals surface area contributed by atoms with E-state index in [0.29, 0.717) is 5.75 Å². The molecule has 4 rings (SSSR count). The Bertz CT molecular complexity index is 1190. The number of nitro benzene ring substituents is 1. The molecule has 0 amide bonds. The lowest BCUT2D eigenvalue weighted by atomic mass is 10.1. The molecular formula is C22H17N3O3S2. The molecule has 0 saturated carbocycles. The highest BCUT2D eigenvalue weighted by atomic mass is 32.2. The molecule has 150 valence electrons. The summed E-state index contributed by atoms with van der Waals surface area (Å²) >= 11 is 3.10. The molecule has 0 fully saturated rings. The molecule has 2 heterocycles. The Hall–Kier alpha value is -3.23. The first kappa shape index (κ1) is 20.1. The molecule has 0 atom stereocenters. The summed E-state index contributed by atoms with van der Waals surface area (Å²) < 4.78 is 5.44. The molecule has 0 aliphatic carbocycles. The predicted molar refractivity (Wildman–Crippen MR) is 120 cm³/mol. The minimum absolute atomic E-state index is 0.0986. The highest BCUT2D eigenvalue weighted by Gasteiger charge is 2.12. The van der Waals surface area contributed by atoms with Crippen LogP contribution >= 0.6 is 23.1 Å². The molecule has 0 aliphatic heterocycles. The molecule has 0 spiro atoms. The van der Waals surface area contributed by atoms with Gasteiger partial charge in [-0.25, -0.2) is 9.97 Å². The fraction of sp³-hybridized carbons (Fsp3) is 0.0909. The first-order valence-electron chi connectivity index (χ1n) is 9.05. The van der Waals surface area contributed by atoms with E-state index < -0.39 is 0 Å². The minimum Gasteiger partial charge on any atom is -0.496 e. The van der Waals surface area contributed by atoms with E-state index in [1.165, 1.54) is 17.8 Å². The lowest BCUT2D eigenvalue weighted by Gasteiger charge is -2.05. The van der Waals surface area contributed by atoms with Gasteiger partial charge in [-0.05, 0) is 29.8 Å². The maximum Gasteiger partial charge on any atom is 0.269 e. The van der Waals surface area contributed by atoms with E-state index >= 15 is 0 Å². The van der Waals surface area contributed by atoms with Gasteiger partial charge in [0.1, 0.15) is 10.8 Å². The maximum absolute atomic E-state index is 10.9. The molecule has 30 heavy (non-hydrogen) atoms. The van der Waals surface area contributed by atoms with Crippen LogP contribution in [0.5, 0.6) is 5.75 Å². The van der Waals surface area contributed by atoms with Crippen molar-refractivity contribution in [1.29, 1.82) is 0 Å². The summed E-state index contributed by atoms with van der Waals surface area (Å²) in [4.78, 5) is 19.8. The molecule has 4 aromatic rings. The van der Waals surface area contributed by atoms with Crippen molar-refractivity contribution in [1.82, 2.24) is 9.97 Å². The smallest absolute Gasteiger partial charge is 0.269 e. The number of thioether (sulfide) groups is 1. The third-order valence-electron chi connectivity index (χ3n) is 4.38. The van der Waals surface area contributed by atoms with Crippen LogP contribution in [0.3, 0.4) is 0 Å². The Balaban J connectivity index is 1.52. The SMILES string of the molecule is COc1ccccc1-c1csc(-c2ccnc(SCc3cccc([N+](=O)[O-])c3)c2)n1. The summed E-state index contributed by atoms with van der Waals surface area (Å²) in [5.41, 5.74) is 3.79. The third-order valence-corrected chi connectivity index (χ3v) is 6.27. The molecular weight excluding hydrogens is 418 g/mol. The van der Waals surface area contributed by atoms with Gasteiger partial charge in [0.05, 0.1) is 22.8 Å². The Morgan fingerprint density at radius 1 is 1.13 bits per heavy atom. The number of hydrogen-bond donors (Lipinski definition) is 0.